The average Bonchev–Trinajstić information content (AvgIpc) is 3.36. The first-order chi connectivity index (χ1) is 16.1. The lowest BCUT2D eigenvalue weighted by atomic mass is 10.0. The normalized spacial score (nSPS) is 17.2. The number of benzene rings is 2. The summed E-state index contributed by atoms with van der Waals surface area (Å²) in [5.41, 5.74) is 3.68. The molecule has 1 aliphatic rings. The van der Waals surface area contributed by atoms with E-state index in [2.05, 4.69) is 41.5 Å². The summed E-state index contributed by atoms with van der Waals surface area (Å²) in [6.07, 6.45) is 0. The predicted octanol–water partition coefficient (Wildman–Crippen LogP) is 4.78. The molecule has 3 aromatic rings. The molecular formula is C24H29N5O3S2. The number of aromatic nitrogens is 2. The molecule has 2 heterocycles. The lowest BCUT2D eigenvalue weighted by Gasteiger charge is -2.20. The van der Waals surface area contributed by atoms with Crippen molar-refractivity contribution in [2.24, 2.45) is 5.92 Å². The third kappa shape index (κ3) is 5.39. The molecule has 1 aliphatic heterocycles. The summed E-state index contributed by atoms with van der Waals surface area (Å²) >= 11 is 1.32. The number of sulfonamides is 1. The van der Waals surface area contributed by atoms with Crippen LogP contribution in [-0.4, -0.2) is 48.9 Å². The van der Waals surface area contributed by atoms with E-state index in [1.54, 1.807) is 13.1 Å². The van der Waals surface area contributed by atoms with Crippen LogP contribution in [-0.2, 0) is 16.6 Å². The highest BCUT2D eigenvalue weighted by molar-refractivity contribution is 7.93. The summed E-state index contributed by atoms with van der Waals surface area (Å²) in [5.74, 6) is 0.704. The molecule has 2 amide bonds. The summed E-state index contributed by atoms with van der Waals surface area (Å²) in [6.45, 7) is 7.02. The fourth-order valence-electron chi connectivity index (χ4n) is 3.91. The van der Waals surface area contributed by atoms with E-state index < -0.39 is 10.0 Å². The van der Waals surface area contributed by atoms with E-state index in [0.717, 1.165) is 16.1 Å². The molecular weight excluding hydrogens is 470 g/mol. The number of urea groups is 1. The van der Waals surface area contributed by atoms with E-state index in [0.29, 0.717) is 29.8 Å². The van der Waals surface area contributed by atoms with Crippen LogP contribution in [0.15, 0.2) is 48.5 Å². The zero-order valence-electron chi connectivity index (χ0n) is 19.7. The molecule has 0 radical (unpaired) electrons. The topological polar surface area (TPSA) is 95.5 Å². The van der Waals surface area contributed by atoms with Crippen molar-refractivity contribution in [3.63, 3.8) is 0 Å². The van der Waals surface area contributed by atoms with Crippen molar-refractivity contribution in [1.82, 2.24) is 15.1 Å². The number of rotatable bonds is 6. The average molecular weight is 500 g/mol. The second kappa shape index (κ2) is 9.71. The fraction of sp³-hybridized carbons (Fsp3) is 0.375. The van der Waals surface area contributed by atoms with Crippen LogP contribution in [0, 0.1) is 5.92 Å². The first kappa shape index (κ1) is 24.2. The number of carbonyl (C=O) groups is 1. The van der Waals surface area contributed by atoms with Crippen LogP contribution in [0.2, 0.25) is 0 Å². The summed E-state index contributed by atoms with van der Waals surface area (Å²) in [7, 11) is -1.61. The number of carbonyl (C=O) groups excluding carboxylic acids is 1. The molecule has 10 heteroatoms. The van der Waals surface area contributed by atoms with E-state index in [1.165, 1.54) is 26.1 Å². The third-order valence-corrected chi connectivity index (χ3v) is 8.65. The Balaban J connectivity index is 1.39. The molecule has 0 bridgehead atoms. The Morgan fingerprint density at radius 1 is 1.21 bits per heavy atom. The highest BCUT2D eigenvalue weighted by Crippen LogP contribution is 2.29. The molecule has 180 valence electrons. The Hall–Kier alpha value is -2.98. The Bertz CT molecular complexity index is 1270. The van der Waals surface area contributed by atoms with Gasteiger partial charge in [0.05, 0.1) is 11.4 Å². The maximum absolute atomic E-state index is 12.7. The standard InChI is InChI=1S/C24H29N5O3S2/c1-16(2)19-8-10-20(11-9-19)22-26-27-23(33-22)25-24(30)28(4)14-18-6-5-7-21(12-18)29-13-17(3)15-34(29,31)32/h5-12,16-17H,13-15H2,1-4H3,(H,25,27,30). The molecule has 2 aromatic carbocycles. The molecule has 1 N–H and O–H groups in total. The molecule has 0 saturated carbocycles. The molecule has 1 aromatic heterocycles. The van der Waals surface area contributed by atoms with Crippen molar-refractivity contribution in [3.05, 3.63) is 59.7 Å². The van der Waals surface area contributed by atoms with Crippen LogP contribution in [0.4, 0.5) is 15.6 Å². The molecule has 0 spiro atoms. The van der Waals surface area contributed by atoms with Crippen molar-refractivity contribution in [1.29, 1.82) is 0 Å². The SMILES string of the molecule is CC1CN(c2cccc(CN(C)C(=O)Nc3nnc(-c4ccc(C(C)C)cc4)s3)c2)S(=O)(=O)C1. The second-order valence-corrected chi connectivity index (χ2v) is 12.0. The van der Waals surface area contributed by atoms with Crippen LogP contribution in [0.3, 0.4) is 0 Å². The molecule has 1 fully saturated rings. The van der Waals surface area contributed by atoms with Gasteiger partial charge in [-0.15, -0.1) is 10.2 Å². The maximum atomic E-state index is 12.7. The second-order valence-electron chi connectivity index (χ2n) is 9.06. The zero-order valence-corrected chi connectivity index (χ0v) is 21.4. The third-order valence-electron chi connectivity index (χ3n) is 5.74. The van der Waals surface area contributed by atoms with Crippen LogP contribution >= 0.6 is 11.3 Å². The molecule has 1 atom stereocenters. The van der Waals surface area contributed by atoms with E-state index >= 15 is 0 Å². The monoisotopic (exact) mass is 499 g/mol. The van der Waals surface area contributed by atoms with Crippen LogP contribution in [0.25, 0.3) is 10.6 Å². The first-order valence-corrected chi connectivity index (χ1v) is 13.6. The highest BCUT2D eigenvalue weighted by Gasteiger charge is 2.33. The molecule has 34 heavy (non-hydrogen) atoms. The molecule has 1 saturated heterocycles. The van der Waals surface area contributed by atoms with Gasteiger partial charge in [-0.3, -0.25) is 9.62 Å². The zero-order chi connectivity index (χ0) is 24.5. The summed E-state index contributed by atoms with van der Waals surface area (Å²) in [4.78, 5) is 14.2. The number of hydrogen-bond donors (Lipinski definition) is 1. The van der Waals surface area contributed by atoms with E-state index in [9.17, 15) is 13.2 Å². The summed E-state index contributed by atoms with van der Waals surface area (Å²) in [6, 6.07) is 15.2. The Morgan fingerprint density at radius 3 is 2.59 bits per heavy atom. The van der Waals surface area contributed by atoms with Crippen molar-refractivity contribution in [3.8, 4) is 10.6 Å². The van der Waals surface area contributed by atoms with Gasteiger partial charge >= 0.3 is 6.03 Å². The smallest absolute Gasteiger partial charge is 0.323 e. The van der Waals surface area contributed by atoms with Gasteiger partial charge in [-0.2, -0.15) is 0 Å². The highest BCUT2D eigenvalue weighted by atomic mass is 32.2. The van der Waals surface area contributed by atoms with Crippen molar-refractivity contribution in [2.75, 3.05) is 29.0 Å². The van der Waals surface area contributed by atoms with Crippen LogP contribution in [0.5, 0.6) is 0 Å². The van der Waals surface area contributed by atoms with Gasteiger partial charge < -0.3 is 4.90 Å². The van der Waals surface area contributed by atoms with Gasteiger partial charge in [0, 0.05) is 25.7 Å². The van der Waals surface area contributed by atoms with Crippen molar-refractivity contribution < 1.29 is 13.2 Å². The van der Waals surface area contributed by atoms with Gasteiger partial charge in [0.1, 0.15) is 5.01 Å². The van der Waals surface area contributed by atoms with Crippen molar-refractivity contribution in [2.45, 2.75) is 33.2 Å². The quantitative estimate of drug-likeness (QED) is 0.527. The van der Waals surface area contributed by atoms with Crippen LogP contribution in [0.1, 0.15) is 37.8 Å². The molecule has 0 aliphatic carbocycles. The van der Waals surface area contributed by atoms with E-state index in [4.69, 9.17) is 0 Å². The summed E-state index contributed by atoms with van der Waals surface area (Å²) < 4.78 is 26.3. The van der Waals surface area contributed by atoms with Gasteiger partial charge in [-0.25, -0.2) is 13.2 Å². The Labute approximate surface area is 204 Å². The van der Waals surface area contributed by atoms with Gasteiger partial charge in [-0.05, 0) is 35.1 Å². The minimum atomic E-state index is -3.29. The predicted molar refractivity (Wildman–Crippen MR) is 137 cm³/mol. The van der Waals surface area contributed by atoms with Gasteiger partial charge in [-0.1, -0.05) is 68.5 Å². The first-order valence-electron chi connectivity index (χ1n) is 11.2. The number of amides is 2. The maximum Gasteiger partial charge on any atom is 0.323 e. The van der Waals surface area contributed by atoms with E-state index in [1.807, 2.05) is 37.3 Å². The minimum absolute atomic E-state index is 0.0899. The van der Waals surface area contributed by atoms with Crippen LogP contribution < -0.4 is 9.62 Å². The minimum Gasteiger partial charge on any atom is -0.323 e. The Kier molecular flexibility index (Phi) is 6.90. The number of anilines is 2. The molecule has 4 rings (SSSR count). The van der Waals surface area contributed by atoms with E-state index in [-0.39, 0.29) is 17.7 Å². The van der Waals surface area contributed by atoms with Gasteiger partial charge in [0.25, 0.3) is 0 Å². The summed E-state index contributed by atoms with van der Waals surface area (Å²) in [5, 5.41) is 12.3. The molecule has 1 unspecified atom stereocenters. The lowest BCUT2D eigenvalue weighted by molar-refractivity contribution is 0.220. The van der Waals surface area contributed by atoms with Gasteiger partial charge in [0.15, 0.2) is 0 Å². The largest absolute Gasteiger partial charge is 0.323 e. The number of hydrogen-bond acceptors (Lipinski definition) is 6. The number of nitrogens with one attached hydrogen (secondary N) is 1. The molecule has 8 nitrogen and oxygen atoms in total. The lowest BCUT2D eigenvalue weighted by Crippen LogP contribution is -2.31. The van der Waals surface area contributed by atoms with Gasteiger partial charge in [0.2, 0.25) is 15.2 Å². The number of nitrogens with zero attached hydrogens (tertiary/aromatic N) is 4. The fourth-order valence-corrected chi connectivity index (χ4v) is 6.57. The van der Waals surface area contributed by atoms with Crippen molar-refractivity contribution >= 4 is 38.2 Å². The Morgan fingerprint density at radius 2 is 1.94 bits per heavy atom.